The van der Waals surface area contributed by atoms with Gasteiger partial charge in [0.15, 0.2) is 0 Å². The third-order valence-electron chi connectivity index (χ3n) is 3.65. The molecule has 0 spiro atoms. The van der Waals surface area contributed by atoms with Crippen molar-refractivity contribution in [1.29, 1.82) is 0 Å². The number of carbonyl (C=O) groups is 1. The van der Waals surface area contributed by atoms with Gasteiger partial charge in [-0.3, -0.25) is 0 Å². The van der Waals surface area contributed by atoms with Gasteiger partial charge in [0.1, 0.15) is 5.75 Å². The van der Waals surface area contributed by atoms with Gasteiger partial charge in [-0.2, -0.15) is 0 Å². The lowest BCUT2D eigenvalue weighted by Crippen LogP contribution is -2.41. The highest BCUT2D eigenvalue weighted by molar-refractivity contribution is 5.74. The van der Waals surface area contributed by atoms with Gasteiger partial charge in [-0.25, -0.2) is 4.79 Å². The molecule has 0 radical (unpaired) electrons. The Kier molecular flexibility index (Phi) is 5.71. The fourth-order valence-corrected chi connectivity index (χ4v) is 2.48. The Morgan fingerprint density at radius 1 is 1.30 bits per heavy atom. The number of aryl methyl sites for hydroxylation is 1. The first-order chi connectivity index (χ1) is 9.75. The molecule has 1 aromatic carbocycles. The Morgan fingerprint density at radius 2 is 2.05 bits per heavy atom. The topological polar surface area (TPSA) is 50.4 Å². The zero-order chi connectivity index (χ0) is 14.2. The number of carbonyl (C=O) groups excluding carboxylic acids is 1. The van der Waals surface area contributed by atoms with Gasteiger partial charge in [0.2, 0.25) is 0 Å². The van der Waals surface area contributed by atoms with Gasteiger partial charge in [-0.1, -0.05) is 31.0 Å². The van der Waals surface area contributed by atoms with E-state index in [4.69, 9.17) is 4.74 Å². The first kappa shape index (κ1) is 14.7. The van der Waals surface area contributed by atoms with Crippen LogP contribution in [0.15, 0.2) is 24.3 Å². The maximum atomic E-state index is 11.6. The SMILES string of the molecule is Cc1ccccc1OCCCNC(=O)NC1CCCC1. The molecule has 2 N–H and O–H groups in total. The number of nitrogens with one attached hydrogen (secondary N) is 2. The molecule has 0 bridgehead atoms. The number of hydrogen-bond donors (Lipinski definition) is 2. The Bertz CT molecular complexity index is 428. The van der Waals surface area contributed by atoms with Crippen molar-refractivity contribution in [3.63, 3.8) is 0 Å². The fourth-order valence-electron chi connectivity index (χ4n) is 2.48. The van der Waals surface area contributed by atoms with Crippen LogP contribution in [0.5, 0.6) is 5.75 Å². The van der Waals surface area contributed by atoms with Crippen LogP contribution in [0.4, 0.5) is 4.79 Å². The zero-order valence-corrected chi connectivity index (χ0v) is 12.2. The number of ether oxygens (including phenoxy) is 1. The average molecular weight is 276 g/mol. The molecule has 1 aliphatic rings. The summed E-state index contributed by atoms with van der Waals surface area (Å²) in [5, 5.41) is 5.89. The standard InChI is InChI=1S/C16H24N2O2/c1-13-7-2-5-10-15(13)20-12-6-11-17-16(19)18-14-8-3-4-9-14/h2,5,7,10,14H,3-4,6,8-9,11-12H2,1H3,(H2,17,18,19). The van der Waals surface area contributed by atoms with Crippen LogP contribution in [0.1, 0.15) is 37.7 Å². The van der Waals surface area contributed by atoms with Crippen molar-refractivity contribution in [1.82, 2.24) is 10.6 Å². The summed E-state index contributed by atoms with van der Waals surface area (Å²) in [7, 11) is 0. The van der Waals surface area contributed by atoms with Gasteiger partial charge in [-0.05, 0) is 37.8 Å². The van der Waals surface area contributed by atoms with Crippen molar-refractivity contribution in [2.45, 2.75) is 45.1 Å². The molecule has 0 saturated heterocycles. The predicted molar refractivity (Wildman–Crippen MR) is 80.1 cm³/mol. The van der Waals surface area contributed by atoms with Crippen LogP contribution in [0, 0.1) is 6.92 Å². The number of para-hydroxylation sites is 1. The van der Waals surface area contributed by atoms with E-state index in [-0.39, 0.29) is 6.03 Å². The molecule has 4 heteroatoms. The number of benzene rings is 1. The molecule has 110 valence electrons. The van der Waals surface area contributed by atoms with Crippen molar-refractivity contribution in [3.8, 4) is 5.75 Å². The maximum absolute atomic E-state index is 11.6. The van der Waals surface area contributed by atoms with E-state index in [9.17, 15) is 4.79 Å². The second-order valence-corrected chi connectivity index (χ2v) is 5.35. The molecule has 1 saturated carbocycles. The highest BCUT2D eigenvalue weighted by Crippen LogP contribution is 2.17. The number of rotatable bonds is 6. The molecule has 0 heterocycles. The van der Waals surface area contributed by atoms with Gasteiger partial charge in [0.25, 0.3) is 0 Å². The van der Waals surface area contributed by atoms with Gasteiger partial charge in [0, 0.05) is 12.6 Å². The molecule has 2 rings (SSSR count). The normalized spacial score (nSPS) is 15.1. The molecule has 1 aromatic rings. The van der Waals surface area contributed by atoms with Crippen LogP contribution >= 0.6 is 0 Å². The minimum atomic E-state index is -0.0483. The van der Waals surface area contributed by atoms with Gasteiger partial charge < -0.3 is 15.4 Å². The molecule has 0 aliphatic heterocycles. The first-order valence-corrected chi connectivity index (χ1v) is 7.48. The molecule has 0 aromatic heterocycles. The highest BCUT2D eigenvalue weighted by Gasteiger charge is 2.16. The van der Waals surface area contributed by atoms with E-state index in [0.29, 0.717) is 19.2 Å². The summed E-state index contributed by atoms with van der Waals surface area (Å²) in [4.78, 5) is 11.6. The molecule has 2 amide bonds. The lowest BCUT2D eigenvalue weighted by Gasteiger charge is -2.13. The Hall–Kier alpha value is -1.71. The fraction of sp³-hybridized carbons (Fsp3) is 0.562. The van der Waals surface area contributed by atoms with Crippen molar-refractivity contribution in [2.24, 2.45) is 0 Å². The lowest BCUT2D eigenvalue weighted by molar-refractivity contribution is 0.235. The Balaban J connectivity index is 1.55. The summed E-state index contributed by atoms with van der Waals surface area (Å²) >= 11 is 0. The van der Waals surface area contributed by atoms with Gasteiger partial charge in [-0.15, -0.1) is 0 Å². The van der Waals surface area contributed by atoms with Crippen LogP contribution in [0.2, 0.25) is 0 Å². The van der Waals surface area contributed by atoms with E-state index < -0.39 is 0 Å². The van der Waals surface area contributed by atoms with Crippen molar-refractivity contribution >= 4 is 6.03 Å². The largest absolute Gasteiger partial charge is 0.493 e. The van der Waals surface area contributed by atoms with Crippen LogP contribution in [0.3, 0.4) is 0 Å². The smallest absolute Gasteiger partial charge is 0.315 e. The maximum Gasteiger partial charge on any atom is 0.315 e. The number of urea groups is 1. The molecule has 0 unspecified atom stereocenters. The van der Waals surface area contributed by atoms with Crippen LogP contribution in [0.25, 0.3) is 0 Å². The summed E-state index contributed by atoms with van der Waals surface area (Å²) in [6.45, 7) is 3.29. The number of amides is 2. The predicted octanol–water partition coefficient (Wildman–Crippen LogP) is 3.01. The molecule has 1 fully saturated rings. The summed E-state index contributed by atoms with van der Waals surface area (Å²) in [5.41, 5.74) is 1.14. The minimum Gasteiger partial charge on any atom is -0.493 e. The minimum absolute atomic E-state index is 0.0483. The Morgan fingerprint density at radius 3 is 2.80 bits per heavy atom. The molecule has 20 heavy (non-hydrogen) atoms. The van der Waals surface area contributed by atoms with Gasteiger partial charge in [0.05, 0.1) is 6.61 Å². The quantitative estimate of drug-likeness (QED) is 0.785. The van der Waals surface area contributed by atoms with Gasteiger partial charge >= 0.3 is 6.03 Å². The van der Waals surface area contributed by atoms with E-state index in [2.05, 4.69) is 10.6 Å². The Labute approximate surface area is 120 Å². The van der Waals surface area contributed by atoms with Crippen LogP contribution < -0.4 is 15.4 Å². The molecule has 4 nitrogen and oxygen atoms in total. The van der Waals surface area contributed by atoms with E-state index in [1.54, 1.807) is 0 Å². The second kappa shape index (κ2) is 7.78. The first-order valence-electron chi connectivity index (χ1n) is 7.48. The summed E-state index contributed by atoms with van der Waals surface area (Å²) in [6, 6.07) is 8.29. The third-order valence-corrected chi connectivity index (χ3v) is 3.65. The third kappa shape index (κ3) is 4.76. The van der Waals surface area contributed by atoms with E-state index in [1.165, 1.54) is 12.8 Å². The molecule has 1 aliphatic carbocycles. The summed E-state index contributed by atoms with van der Waals surface area (Å²) < 4.78 is 5.68. The monoisotopic (exact) mass is 276 g/mol. The van der Waals surface area contributed by atoms with E-state index >= 15 is 0 Å². The van der Waals surface area contributed by atoms with E-state index in [0.717, 1.165) is 30.6 Å². The van der Waals surface area contributed by atoms with Crippen molar-refractivity contribution < 1.29 is 9.53 Å². The van der Waals surface area contributed by atoms with Crippen molar-refractivity contribution in [2.75, 3.05) is 13.2 Å². The second-order valence-electron chi connectivity index (χ2n) is 5.35. The average Bonchev–Trinajstić information content (AvgIpc) is 2.93. The zero-order valence-electron chi connectivity index (χ0n) is 12.2. The van der Waals surface area contributed by atoms with Crippen LogP contribution in [-0.2, 0) is 0 Å². The summed E-state index contributed by atoms with van der Waals surface area (Å²) in [6.07, 6.45) is 5.50. The number of hydrogen-bond acceptors (Lipinski definition) is 2. The van der Waals surface area contributed by atoms with Crippen LogP contribution in [-0.4, -0.2) is 25.2 Å². The highest BCUT2D eigenvalue weighted by atomic mass is 16.5. The summed E-state index contributed by atoms with van der Waals surface area (Å²) in [5.74, 6) is 0.919. The lowest BCUT2D eigenvalue weighted by atomic mass is 10.2. The molecule has 0 atom stereocenters. The van der Waals surface area contributed by atoms with Crippen molar-refractivity contribution in [3.05, 3.63) is 29.8 Å². The molecular formula is C16H24N2O2. The van der Waals surface area contributed by atoms with E-state index in [1.807, 2.05) is 31.2 Å². The molecular weight excluding hydrogens is 252 g/mol.